The van der Waals surface area contributed by atoms with E-state index < -0.39 is 0 Å². The third-order valence-electron chi connectivity index (χ3n) is 4.98. The Kier molecular flexibility index (Phi) is 5.04. The van der Waals surface area contributed by atoms with Gasteiger partial charge in [0, 0.05) is 18.1 Å². The molecule has 24 heavy (non-hydrogen) atoms. The number of rotatable bonds is 4. The zero-order chi connectivity index (χ0) is 17.3. The van der Waals surface area contributed by atoms with Crippen LogP contribution in [0.5, 0.6) is 0 Å². The molecule has 1 saturated heterocycles. The lowest BCUT2D eigenvalue weighted by atomic mass is 9.81. The molecule has 2 atom stereocenters. The summed E-state index contributed by atoms with van der Waals surface area (Å²) in [6, 6.07) is 7.72. The molecule has 3 rings (SSSR count). The standard InChI is InChI=1S/C18H21BrN2O3/c1-20(10-12-6-8-13(19)9-7-12)16(22)11-21-17(23)14-4-2-3-5-15(14)18(21)24/h6-9,14-15H,2-5,10-11H2,1H3. The van der Waals surface area contributed by atoms with Gasteiger partial charge in [0.25, 0.3) is 0 Å². The topological polar surface area (TPSA) is 57.7 Å². The number of benzene rings is 1. The maximum Gasteiger partial charge on any atom is 0.242 e. The second kappa shape index (κ2) is 7.05. The van der Waals surface area contributed by atoms with E-state index in [0.29, 0.717) is 6.54 Å². The minimum atomic E-state index is -0.210. The van der Waals surface area contributed by atoms with Gasteiger partial charge in [-0.15, -0.1) is 0 Å². The van der Waals surface area contributed by atoms with Crippen molar-refractivity contribution in [3.63, 3.8) is 0 Å². The lowest BCUT2D eigenvalue weighted by molar-refractivity contribution is -0.146. The minimum absolute atomic E-state index is 0.141. The van der Waals surface area contributed by atoms with E-state index in [9.17, 15) is 14.4 Å². The van der Waals surface area contributed by atoms with Crippen LogP contribution < -0.4 is 0 Å². The Hall–Kier alpha value is -1.69. The van der Waals surface area contributed by atoms with E-state index in [4.69, 9.17) is 0 Å². The van der Waals surface area contributed by atoms with Crippen LogP contribution in [0.3, 0.4) is 0 Å². The van der Waals surface area contributed by atoms with Crippen molar-refractivity contribution in [2.75, 3.05) is 13.6 Å². The smallest absolute Gasteiger partial charge is 0.242 e. The highest BCUT2D eigenvalue weighted by Crippen LogP contribution is 2.37. The van der Waals surface area contributed by atoms with Gasteiger partial charge in [0.05, 0.1) is 11.8 Å². The first-order valence-corrected chi connectivity index (χ1v) is 9.10. The van der Waals surface area contributed by atoms with E-state index in [1.165, 1.54) is 4.90 Å². The largest absolute Gasteiger partial charge is 0.340 e. The Morgan fingerprint density at radius 1 is 1.12 bits per heavy atom. The van der Waals surface area contributed by atoms with Gasteiger partial charge in [0.1, 0.15) is 6.54 Å². The zero-order valence-corrected chi connectivity index (χ0v) is 15.3. The van der Waals surface area contributed by atoms with Crippen LogP contribution in [0.4, 0.5) is 0 Å². The number of carbonyl (C=O) groups excluding carboxylic acids is 3. The monoisotopic (exact) mass is 392 g/mol. The molecule has 1 aromatic rings. The van der Waals surface area contributed by atoms with Gasteiger partial charge in [0.2, 0.25) is 17.7 Å². The number of likely N-dealkylation sites (tertiary alicyclic amines) is 1. The third kappa shape index (κ3) is 3.38. The molecule has 1 aliphatic heterocycles. The lowest BCUT2D eigenvalue weighted by Gasteiger charge is -2.21. The predicted molar refractivity (Wildman–Crippen MR) is 92.8 cm³/mol. The number of carbonyl (C=O) groups is 3. The molecule has 0 bridgehead atoms. The van der Waals surface area contributed by atoms with Crippen molar-refractivity contribution in [1.82, 2.24) is 9.80 Å². The quantitative estimate of drug-likeness (QED) is 0.739. The van der Waals surface area contributed by atoms with Crippen molar-refractivity contribution in [3.05, 3.63) is 34.3 Å². The van der Waals surface area contributed by atoms with Gasteiger partial charge in [-0.2, -0.15) is 0 Å². The van der Waals surface area contributed by atoms with Crippen molar-refractivity contribution in [3.8, 4) is 0 Å². The van der Waals surface area contributed by atoms with E-state index in [-0.39, 0.29) is 36.1 Å². The van der Waals surface area contributed by atoms with Crippen molar-refractivity contribution in [1.29, 1.82) is 0 Å². The highest BCUT2D eigenvalue weighted by atomic mass is 79.9. The number of hydrogen-bond donors (Lipinski definition) is 0. The third-order valence-corrected chi connectivity index (χ3v) is 5.51. The number of hydrogen-bond acceptors (Lipinski definition) is 3. The SMILES string of the molecule is CN(Cc1ccc(Br)cc1)C(=O)CN1C(=O)C2CCCCC2C1=O. The first kappa shape index (κ1) is 17.1. The number of imide groups is 1. The molecule has 1 aliphatic carbocycles. The maximum absolute atomic E-state index is 12.4. The molecule has 0 N–H and O–H groups in total. The van der Waals surface area contributed by atoms with E-state index in [2.05, 4.69) is 15.9 Å². The van der Waals surface area contributed by atoms with Crippen molar-refractivity contribution >= 4 is 33.7 Å². The minimum Gasteiger partial charge on any atom is -0.340 e. The van der Waals surface area contributed by atoms with Gasteiger partial charge in [0.15, 0.2) is 0 Å². The summed E-state index contributed by atoms with van der Waals surface area (Å²) in [5.74, 6) is -0.921. The molecule has 6 heteroatoms. The summed E-state index contributed by atoms with van der Waals surface area (Å²) in [6.45, 7) is 0.312. The summed E-state index contributed by atoms with van der Waals surface area (Å²) in [5, 5.41) is 0. The molecule has 1 aromatic carbocycles. The fourth-order valence-electron chi connectivity index (χ4n) is 3.59. The fourth-order valence-corrected chi connectivity index (χ4v) is 3.86. The van der Waals surface area contributed by atoms with Gasteiger partial charge in [-0.05, 0) is 30.5 Å². The average molecular weight is 393 g/mol. The number of likely N-dealkylation sites (N-methyl/N-ethyl adjacent to an activating group) is 1. The summed E-state index contributed by atoms with van der Waals surface area (Å²) < 4.78 is 0.982. The first-order valence-electron chi connectivity index (χ1n) is 8.31. The number of amides is 3. The zero-order valence-electron chi connectivity index (χ0n) is 13.7. The maximum atomic E-state index is 12.4. The Labute approximate surface area is 150 Å². The Balaban J connectivity index is 1.62. The van der Waals surface area contributed by atoms with Gasteiger partial charge < -0.3 is 4.90 Å². The van der Waals surface area contributed by atoms with Crippen LogP contribution in [0.2, 0.25) is 0 Å². The number of halogens is 1. The van der Waals surface area contributed by atoms with Crippen LogP contribution in [0.25, 0.3) is 0 Å². The van der Waals surface area contributed by atoms with Crippen LogP contribution in [0.1, 0.15) is 31.2 Å². The second-order valence-electron chi connectivity index (χ2n) is 6.64. The molecule has 2 fully saturated rings. The number of fused-ring (bicyclic) bond motifs is 1. The summed E-state index contributed by atoms with van der Waals surface area (Å²) in [6.07, 6.45) is 3.53. The summed E-state index contributed by atoms with van der Waals surface area (Å²) >= 11 is 3.38. The highest BCUT2D eigenvalue weighted by Gasteiger charge is 2.48. The Morgan fingerprint density at radius 3 is 2.21 bits per heavy atom. The summed E-state index contributed by atoms with van der Waals surface area (Å²) in [5.41, 5.74) is 1.00. The lowest BCUT2D eigenvalue weighted by Crippen LogP contribution is -2.41. The highest BCUT2D eigenvalue weighted by molar-refractivity contribution is 9.10. The summed E-state index contributed by atoms with van der Waals surface area (Å²) in [7, 11) is 1.70. The molecule has 1 saturated carbocycles. The average Bonchev–Trinajstić information content (AvgIpc) is 2.82. The van der Waals surface area contributed by atoms with Crippen LogP contribution in [0.15, 0.2) is 28.7 Å². The van der Waals surface area contributed by atoms with Crippen LogP contribution in [-0.2, 0) is 20.9 Å². The molecule has 1 heterocycles. The van der Waals surface area contributed by atoms with Crippen molar-refractivity contribution < 1.29 is 14.4 Å². The molecule has 3 amide bonds. The second-order valence-corrected chi connectivity index (χ2v) is 7.55. The van der Waals surface area contributed by atoms with Crippen molar-refractivity contribution in [2.45, 2.75) is 32.2 Å². The Morgan fingerprint density at radius 2 is 1.67 bits per heavy atom. The molecule has 128 valence electrons. The molecular weight excluding hydrogens is 372 g/mol. The van der Waals surface area contributed by atoms with E-state index in [1.54, 1.807) is 11.9 Å². The van der Waals surface area contributed by atoms with Crippen LogP contribution >= 0.6 is 15.9 Å². The molecule has 2 unspecified atom stereocenters. The molecular formula is C18H21BrN2O3. The normalized spacial score (nSPS) is 23.3. The van der Waals surface area contributed by atoms with Crippen LogP contribution in [0, 0.1) is 11.8 Å². The van der Waals surface area contributed by atoms with Gasteiger partial charge in [-0.25, -0.2) is 0 Å². The van der Waals surface area contributed by atoms with E-state index in [1.807, 2.05) is 24.3 Å². The first-order chi connectivity index (χ1) is 11.5. The van der Waals surface area contributed by atoms with Gasteiger partial charge >= 0.3 is 0 Å². The molecule has 5 nitrogen and oxygen atoms in total. The summed E-state index contributed by atoms with van der Waals surface area (Å²) in [4.78, 5) is 40.0. The fraction of sp³-hybridized carbons (Fsp3) is 0.500. The molecule has 0 spiro atoms. The van der Waals surface area contributed by atoms with E-state index in [0.717, 1.165) is 35.7 Å². The predicted octanol–water partition coefficient (Wildman–Crippen LogP) is 2.58. The molecule has 0 aromatic heterocycles. The number of nitrogens with zero attached hydrogens (tertiary/aromatic N) is 2. The van der Waals surface area contributed by atoms with Gasteiger partial charge in [-0.3, -0.25) is 19.3 Å². The van der Waals surface area contributed by atoms with Gasteiger partial charge in [-0.1, -0.05) is 40.9 Å². The molecule has 2 aliphatic rings. The Bertz CT molecular complexity index is 635. The van der Waals surface area contributed by atoms with E-state index >= 15 is 0 Å². The van der Waals surface area contributed by atoms with Crippen LogP contribution in [-0.4, -0.2) is 41.1 Å². The van der Waals surface area contributed by atoms with Crippen molar-refractivity contribution in [2.24, 2.45) is 11.8 Å². The molecule has 0 radical (unpaired) electrons.